The molecule has 0 rings (SSSR count). The number of hydrogen-bond donors (Lipinski definition) is 0. The number of azide groups is 1. The lowest BCUT2D eigenvalue weighted by Crippen LogP contribution is -1.61. The van der Waals surface area contributed by atoms with Crippen molar-refractivity contribution in [3.8, 4) is 0 Å². The molecule has 0 radical (unpaired) electrons. The first kappa shape index (κ1) is 6.05. The average molecular weight is 97.1 g/mol. The maximum absolute atomic E-state index is 7.72. The van der Waals surface area contributed by atoms with Gasteiger partial charge in [-0.3, -0.25) is 0 Å². The second-order valence-electron chi connectivity index (χ2n) is 0.982. The largest absolute Gasteiger partial charge is 0.0915 e. The van der Waals surface area contributed by atoms with Crippen LogP contribution in [0.3, 0.4) is 0 Å². The van der Waals surface area contributed by atoms with Crippen LogP contribution in [0.2, 0.25) is 0 Å². The monoisotopic (exact) mass is 97.1 g/mol. The third-order valence-electron chi connectivity index (χ3n) is 0.486. The Morgan fingerprint density at radius 2 is 2.57 bits per heavy atom. The van der Waals surface area contributed by atoms with E-state index in [1.54, 1.807) is 6.08 Å². The Hall–Kier alpha value is -0.950. The topological polar surface area (TPSA) is 48.8 Å². The van der Waals surface area contributed by atoms with Gasteiger partial charge in [0, 0.05) is 11.5 Å². The van der Waals surface area contributed by atoms with Crippen LogP contribution in [0.5, 0.6) is 0 Å². The van der Waals surface area contributed by atoms with Crippen molar-refractivity contribution in [2.45, 2.75) is 6.92 Å². The molecule has 38 valence electrons. The summed E-state index contributed by atoms with van der Waals surface area (Å²) in [7, 11) is 0. The van der Waals surface area contributed by atoms with Crippen LogP contribution in [0.1, 0.15) is 6.92 Å². The molecule has 3 nitrogen and oxygen atoms in total. The molecule has 0 atom stereocenters. The van der Waals surface area contributed by atoms with E-state index in [9.17, 15) is 0 Å². The van der Waals surface area contributed by atoms with Gasteiger partial charge in [-0.2, -0.15) is 0 Å². The molecular formula is C4H7N3. The highest BCUT2D eigenvalue weighted by Crippen LogP contribution is 1.72. The van der Waals surface area contributed by atoms with Crippen molar-refractivity contribution in [1.29, 1.82) is 0 Å². The molecule has 0 spiro atoms. The van der Waals surface area contributed by atoms with Gasteiger partial charge in [-0.25, -0.2) is 0 Å². The third-order valence-corrected chi connectivity index (χ3v) is 0.486. The smallest absolute Gasteiger partial charge is 0.0440 e. The van der Waals surface area contributed by atoms with Crippen LogP contribution in [0.25, 0.3) is 10.4 Å². The van der Waals surface area contributed by atoms with Gasteiger partial charge in [-0.15, -0.1) is 0 Å². The van der Waals surface area contributed by atoms with Crippen molar-refractivity contribution in [2.24, 2.45) is 5.11 Å². The minimum Gasteiger partial charge on any atom is -0.0915 e. The first-order valence-electron chi connectivity index (χ1n) is 2.04. The Morgan fingerprint density at radius 1 is 1.86 bits per heavy atom. The molecule has 0 saturated carbocycles. The first-order chi connectivity index (χ1) is 3.41. The van der Waals surface area contributed by atoms with Crippen LogP contribution in [0, 0.1) is 0 Å². The van der Waals surface area contributed by atoms with Gasteiger partial charge in [0.25, 0.3) is 0 Å². The summed E-state index contributed by atoms with van der Waals surface area (Å²) in [5.41, 5.74) is 7.72. The Labute approximate surface area is 42.3 Å². The van der Waals surface area contributed by atoms with Crippen molar-refractivity contribution in [3.05, 3.63) is 22.6 Å². The Bertz CT molecular complexity index is 99.5. The molecule has 3 heteroatoms. The summed E-state index contributed by atoms with van der Waals surface area (Å²) in [4.78, 5) is 2.55. The van der Waals surface area contributed by atoms with Gasteiger partial charge in [-0.1, -0.05) is 17.3 Å². The molecule has 0 heterocycles. The van der Waals surface area contributed by atoms with Gasteiger partial charge in [0.1, 0.15) is 0 Å². The van der Waals surface area contributed by atoms with Crippen molar-refractivity contribution in [1.82, 2.24) is 0 Å². The molecule has 0 aliphatic carbocycles. The highest BCUT2D eigenvalue weighted by Gasteiger charge is 1.61. The maximum Gasteiger partial charge on any atom is 0.0440 e. The van der Waals surface area contributed by atoms with E-state index in [0.29, 0.717) is 6.54 Å². The van der Waals surface area contributed by atoms with Gasteiger partial charge in [-0.05, 0) is 12.5 Å². The molecule has 0 saturated heterocycles. The van der Waals surface area contributed by atoms with E-state index in [1.165, 1.54) is 0 Å². The predicted octanol–water partition coefficient (Wildman–Crippen LogP) is 1.87. The van der Waals surface area contributed by atoms with Gasteiger partial charge in [0.2, 0.25) is 0 Å². The van der Waals surface area contributed by atoms with Gasteiger partial charge in [0.05, 0.1) is 0 Å². The molecule has 0 aliphatic heterocycles. The van der Waals surface area contributed by atoms with Gasteiger partial charge < -0.3 is 0 Å². The molecule has 0 amide bonds. The minimum absolute atomic E-state index is 0.465. The van der Waals surface area contributed by atoms with E-state index in [1.807, 2.05) is 13.0 Å². The molecule has 0 aromatic heterocycles. The molecule has 0 unspecified atom stereocenters. The fourth-order valence-corrected chi connectivity index (χ4v) is 0.189. The first-order valence-corrected chi connectivity index (χ1v) is 2.04. The fourth-order valence-electron chi connectivity index (χ4n) is 0.189. The number of nitrogens with zero attached hydrogens (tertiary/aromatic N) is 3. The lowest BCUT2D eigenvalue weighted by atomic mass is 10.5. The van der Waals surface area contributed by atoms with E-state index in [0.717, 1.165) is 0 Å². The van der Waals surface area contributed by atoms with E-state index < -0.39 is 0 Å². The van der Waals surface area contributed by atoms with Gasteiger partial charge in [0.15, 0.2) is 0 Å². The summed E-state index contributed by atoms with van der Waals surface area (Å²) in [5.74, 6) is 0. The average Bonchev–Trinajstić information content (AvgIpc) is 1.69. The summed E-state index contributed by atoms with van der Waals surface area (Å²) in [5, 5.41) is 3.26. The zero-order chi connectivity index (χ0) is 5.54. The Kier molecular flexibility index (Phi) is 4.36. The summed E-state index contributed by atoms with van der Waals surface area (Å²) in [6.07, 6.45) is 3.63. The quantitative estimate of drug-likeness (QED) is 0.218. The van der Waals surface area contributed by atoms with Crippen molar-refractivity contribution in [3.63, 3.8) is 0 Å². The van der Waals surface area contributed by atoms with E-state index >= 15 is 0 Å². The zero-order valence-electron chi connectivity index (χ0n) is 4.20. The number of hydrogen-bond acceptors (Lipinski definition) is 1. The lowest BCUT2D eigenvalue weighted by molar-refractivity contribution is 1.21. The van der Waals surface area contributed by atoms with E-state index in [-0.39, 0.29) is 0 Å². The summed E-state index contributed by atoms with van der Waals surface area (Å²) in [6.45, 7) is 2.35. The zero-order valence-corrected chi connectivity index (χ0v) is 4.20. The number of allylic oxidation sites excluding steroid dienone is 1. The molecule has 0 aromatic rings. The normalized spacial score (nSPS) is 8.71. The molecule has 0 bridgehead atoms. The van der Waals surface area contributed by atoms with Crippen molar-refractivity contribution < 1.29 is 0 Å². The highest BCUT2D eigenvalue weighted by molar-refractivity contribution is 4.78. The highest BCUT2D eigenvalue weighted by atomic mass is 15.1. The standard InChI is InChI=1S/C4H7N3/c1-2-3-4-6-7-5/h2-3H,4H2,1H3. The molecule has 0 N–H and O–H groups in total. The summed E-state index contributed by atoms with van der Waals surface area (Å²) < 4.78 is 0. The molecule has 0 fully saturated rings. The van der Waals surface area contributed by atoms with Crippen LogP contribution in [-0.4, -0.2) is 6.54 Å². The second kappa shape index (κ2) is 5.05. The van der Waals surface area contributed by atoms with Gasteiger partial charge >= 0.3 is 0 Å². The van der Waals surface area contributed by atoms with E-state index in [2.05, 4.69) is 10.0 Å². The SMILES string of the molecule is CC=CCN=[N+]=[N-]. The minimum atomic E-state index is 0.465. The van der Waals surface area contributed by atoms with Crippen LogP contribution in [0.15, 0.2) is 17.3 Å². The van der Waals surface area contributed by atoms with Crippen LogP contribution < -0.4 is 0 Å². The lowest BCUT2D eigenvalue weighted by Gasteiger charge is -1.68. The van der Waals surface area contributed by atoms with Crippen LogP contribution >= 0.6 is 0 Å². The third kappa shape index (κ3) is 5.05. The van der Waals surface area contributed by atoms with Crippen LogP contribution in [-0.2, 0) is 0 Å². The van der Waals surface area contributed by atoms with Crippen LogP contribution in [0.4, 0.5) is 0 Å². The Balaban J connectivity index is 3.15. The Morgan fingerprint density at radius 3 is 3.00 bits per heavy atom. The van der Waals surface area contributed by atoms with Crippen molar-refractivity contribution >= 4 is 0 Å². The van der Waals surface area contributed by atoms with Crippen molar-refractivity contribution in [2.75, 3.05) is 6.54 Å². The maximum atomic E-state index is 7.72. The predicted molar refractivity (Wildman–Crippen MR) is 28.8 cm³/mol. The molecular weight excluding hydrogens is 90.1 g/mol. The fraction of sp³-hybridized carbons (Fsp3) is 0.500. The summed E-state index contributed by atoms with van der Waals surface area (Å²) in [6, 6.07) is 0. The number of rotatable bonds is 2. The molecule has 0 aliphatic rings. The summed E-state index contributed by atoms with van der Waals surface area (Å²) >= 11 is 0. The molecule has 0 aromatic carbocycles. The van der Waals surface area contributed by atoms with E-state index in [4.69, 9.17) is 5.53 Å². The second-order valence-corrected chi connectivity index (χ2v) is 0.982. The molecule has 7 heavy (non-hydrogen) atoms.